The number of hydrogen-bond acceptors (Lipinski definition) is 5. The number of hydrogen-bond donors (Lipinski definition) is 2. The van der Waals surface area contributed by atoms with Gasteiger partial charge in [0.05, 0.1) is 5.69 Å². The van der Waals surface area contributed by atoms with E-state index in [1.807, 2.05) is 43.5 Å². The molecule has 2 amide bonds. The fourth-order valence-electron chi connectivity index (χ4n) is 4.61. The fraction of sp³-hybridized carbons (Fsp3) is 0.407. The number of urea groups is 1. The molecule has 2 N–H and O–H groups in total. The summed E-state index contributed by atoms with van der Waals surface area (Å²) in [4.78, 5) is 24.0. The van der Waals surface area contributed by atoms with Crippen LogP contribution in [0, 0.1) is 11.7 Å². The van der Waals surface area contributed by atoms with Gasteiger partial charge in [-0.15, -0.1) is 0 Å². The average molecular weight is 479 g/mol. The summed E-state index contributed by atoms with van der Waals surface area (Å²) in [6.45, 7) is 6.04. The van der Waals surface area contributed by atoms with Crippen LogP contribution >= 0.6 is 0 Å². The van der Waals surface area contributed by atoms with Crippen LogP contribution in [0.15, 0.2) is 60.3 Å². The molecule has 4 rings (SSSR count). The van der Waals surface area contributed by atoms with Crippen molar-refractivity contribution in [3.05, 3.63) is 71.7 Å². The quantitative estimate of drug-likeness (QED) is 0.582. The Labute approximate surface area is 207 Å². The lowest BCUT2D eigenvalue weighted by Crippen LogP contribution is -2.32. The molecule has 1 aromatic carbocycles. The van der Waals surface area contributed by atoms with Gasteiger partial charge in [0.15, 0.2) is 5.82 Å². The molecule has 0 unspecified atom stereocenters. The number of carbonyl (C=O) groups excluding carboxylic acids is 1. The number of halogens is 1. The number of rotatable bonds is 8. The molecule has 0 bridgehead atoms. The highest BCUT2D eigenvalue weighted by atomic mass is 19.1. The number of carbonyl (C=O) groups is 1. The Morgan fingerprint density at radius 1 is 1.26 bits per heavy atom. The predicted molar refractivity (Wildman–Crippen MR) is 140 cm³/mol. The SMILES string of the molecule is CC1=CN(C(=O)Nc2ccc(N3CC[C@@H](CN(C)C)C3)nc2NCCc2cccc(F)c2)CC=C1. The first-order valence-corrected chi connectivity index (χ1v) is 12.2. The monoisotopic (exact) mass is 478 g/mol. The van der Waals surface area contributed by atoms with Crippen molar-refractivity contribution in [3.63, 3.8) is 0 Å². The first-order valence-electron chi connectivity index (χ1n) is 12.2. The molecule has 1 fully saturated rings. The van der Waals surface area contributed by atoms with Crippen molar-refractivity contribution in [1.82, 2.24) is 14.8 Å². The topological polar surface area (TPSA) is 63.7 Å². The van der Waals surface area contributed by atoms with E-state index in [0.29, 0.717) is 36.9 Å². The molecule has 0 radical (unpaired) electrons. The Kier molecular flexibility index (Phi) is 8.02. The molecule has 3 heterocycles. The third-order valence-corrected chi connectivity index (χ3v) is 6.25. The predicted octanol–water partition coefficient (Wildman–Crippen LogP) is 4.57. The zero-order valence-corrected chi connectivity index (χ0v) is 20.8. The van der Waals surface area contributed by atoms with E-state index in [9.17, 15) is 9.18 Å². The van der Waals surface area contributed by atoms with E-state index in [0.717, 1.165) is 43.0 Å². The summed E-state index contributed by atoms with van der Waals surface area (Å²) in [6, 6.07) is 10.3. The summed E-state index contributed by atoms with van der Waals surface area (Å²) >= 11 is 0. The smallest absolute Gasteiger partial charge is 0.326 e. The summed E-state index contributed by atoms with van der Waals surface area (Å²) in [5.41, 5.74) is 2.56. The number of nitrogens with zero attached hydrogens (tertiary/aromatic N) is 4. The van der Waals surface area contributed by atoms with Crippen molar-refractivity contribution in [1.29, 1.82) is 0 Å². The van der Waals surface area contributed by atoms with Crippen LogP contribution in [-0.2, 0) is 6.42 Å². The third-order valence-electron chi connectivity index (χ3n) is 6.25. The van der Waals surface area contributed by atoms with Gasteiger partial charge in [-0.2, -0.15) is 0 Å². The van der Waals surface area contributed by atoms with Crippen LogP contribution in [-0.4, -0.2) is 67.6 Å². The van der Waals surface area contributed by atoms with Gasteiger partial charge < -0.3 is 20.4 Å². The molecular weight excluding hydrogens is 443 g/mol. The van der Waals surface area contributed by atoms with Crippen molar-refractivity contribution in [3.8, 4) is 0 Å². The molecule has 7 nitrogen and oxygen atoms in total. The molecule has 1 atom stereocenters. The minimum Gasteiger partial charge on any atom is -0.368 e. The van der Waals surface area contributed by atoms with E-state index in [1.54, 1.807) is 17.0 Å². The normalized spacial score (nSPS) is 17.6. The molecule has 0 saturated carbocycles. The van der Waals surface area contributed by atoms with Crippen LogP contribution in [0.1, 0.15) is 18.9 Å². The van der Waals surface area contributed by atoms with Crippen molar-refractivity contribution in [2.45, 2.75) is 19.8 Å². The minimum atomic E-state index is -0.240. The van der Waals surface area contributed by atoms with Gasteiger partial charge in [0.2, 0.25) is 0 Å². The van der Waals surface area contributed by atoms with Gasteiger partial charge in [-0.1, -0.05) is 24.3 Å². The molecule has 2 aromatic rings. The Balaban J connectivity index is 1.49. The molecule has 1 saturated heterocycles. The van der Waals surface area contributed by atoms with Gasteiger partial charge in [0.25, 0.3) is 0 Å². The van der Waals surface area contributed by atoms with Gasteiger partial charge in [-0.3, -0.25) is 4.90 Å². The van der Waals surface area contributed by atoms with Gasteiger partial charge >= 0.3 is 6.03 Å². The highest BCUT2D eigenvalue weighted by molar-refractivity contribution is 5.93. The fourth-order valence-corrected chi connectivity index (χ4v) is 4.61. The van der Waals surface area contributed by atoms with Crippen LogP contribution in [0.4, 0.5) is 26.5 Å². The third kappa shape index (κ3) is 6.82. The number of aromatic nitrogens is 1. The van der Waals surface area contributed by atoms with Gasteiger partial charge in [0.1, 0.15) is 11.6 Å². The minimum absolute atomic E-state index is 0.205. The largest absolute Gasteiger partial charge is 0.368 e. The average Bonchev–Trinajstić information content (AvgIpc) is 3.28. The lowest BCUT2D eigenvalue weighted by atomic mass is 10.1. The summed E-state index contributed by atoms with van der Waals surface area (Å²) in [5, 5.41) is 6.38. The van der Waals surface area contributed by atoms with E-state index >= 15 is 0 Å². The van der Waals surface area contributed by atoms with Crippen LogP contribution in [0.25, 0.3) is 0 Å². The molecule has 8 heteroatoms. The molecule has 0 aliphatic carbocycles. The Morgan fingerprint density at radius 3 is 2.89 bits per heavy atom. The summed E-state index contributed by atoms with van der Waals surface area (Å²) in [5.74, 6) is 1.89. The lowest BCUT2D eigenvalue weighted by molar-refractivity contribution is 0.231. The zero-order chi connectivity index (χ0) is 24.8. The van der Waals surface area contributed by atoms with Crippen LogP contribution in [0.5, 0.6) is 0 Å². The van der Waals surface area contributed by atoms with E-state index in [4.69, 9.17) is 4.98 Å². The number of allylic oxidation sites excluding steroid dienone is 2. The van der Waals surface area contributed by atoms with Crippen LogP contribution < -0.4 is 15.5 Å². The van der Waals surface area contributed by atoms with Gasteiger partial charge in [-0.25, -0.2) is 14.2 Å². The number of anilines is 3. The number of nitrogens with one attached hydrogen (secondary N) is 2. The van der Waals surface area contributed by atoms with Crippen molar-refractivity contribution >= 4 is 23.4 Å². The van der Waals surface area contributed by atoms with Crippen LogP contribution in [0.2, 0.25) is 0 Å². The van der Waals surface area contributed by atoms with E-state index in [-0.39, 0.29) is 11.8 Å². The molecule has 2 aliphatic heterocycles. The Morgan fingerprint density at radius 2 is 2.11 bits per heavy atom. The number of amides is 2. The maximum absolute atomic E-state index is 13.6. The van der Waals surface area contributed by atoms with E-state index in [1.165, 1.54) is 6.07 Å². The molecule has 2 aliphatic rings. The maximum Gasteiger partial charge on any atom is 0.326 e. The second-order valence-corrected chi connectivity index (χ2v) is 9.59. The van der Waals surface area contributed by atoms with Crippen LogP contribution in [0.3, 0.4) is 0 Å². The lowest BCUT2D eigenvalue weighted by Gasteiger charge is -2.23. The number of pyridine rings is 1. The highest BCUT2D eigenvalue weighted by Gasteiger charge is 2.25. The molecule has 1 aromatic heterocycles. The molecule has 0 spiro atoms. The summed E-state index contributed by atoms with van der Waals surface area (Å²) in [6.07, 6.45) is 7.58. The van der Waals surface area contributed by atoms with Crippen molar-refractivity contribution in [2.24, 2.45) is 5.92 Å². The standard InChI is InChI=1S/C27H35FN6O/c1-20-6-5-14-34(17-20)27(35)30-24-9-10-25(33-15-12-22(19-33)18-32(2)3)31-26(24)29-13-11-21-7-4-8-23(28)16-21/h4-10,16-17,22H,11-15,18-19H2,1-3H3,(H,29,31)(H,30,35)/t22-/m0/s1. The maximum atomic E-state index is 13.6. The summed E-state index contributed by atoms with van der Waals surface area (Å²) in [7, 11) is 4.21. The Hall–Kier alpha value is -3.39. The van der Waals surface area contributed by atoms with E-state index in [2.05, 4.69) is 34.5 Å². The van der Waals surface area contributed by atoms with Crippen molar-refractivity contribution in [2.75, 3.05) is 62.4 Å². The Bertz CT molecular complexity index is 1100. The molecule has 186 valence electrons. The van der Waals surface area contributed by atoms with E-state index < -0.39 is 0 Å². The zero-order valence-electron chi connectivity index (χ0n) is 20.8. The second kappa shape index (κ2) is 11.4. The molecule has 35 heavy (non-hydrogen) atoms. The van der Waals surface area contributed by atoms with Gasteiger partial charge in [0, 0.05) is 38.9 Å². The summed E-state index contributed by atoms with van der Waals surface area (Å²) < 4.78 is 13.6. The first-order chi connectivity index (χ1) is 16.9. The highest BCUT2D eigenvalue weighted by Crippen LogP contribution is 2.28. The number of benzene rings is 1. The molecular formula is C27H35FN6O. The first kappa shape index (κ1) is 24.7. The second-order valence-electron chi connectivity index (χ2n) is 9.59. The van der Waals surface area contributed by atoms with Gasteiger partial charge in [-0.05, 0) is 75.2 Å². The van der Waals surface area contributed by atoms with Crippen molar-refractivity contribution < 1.29 is 9.18 Å².